The van der Waals surface area contributed by atoms with Crippen molar-refractivity contribution in [3.63, 3.8) is 0 Å². The van der Waals surface area contributed by atoms with Crippen LogP contribution >= 0.6 is 24.8 Å². The highest BCUT2D eigenvalue weighted by molar-refractivity contribution is 5.85. The molecule has 1 aliphatic heterocycles. The summed E-state index contributed by atoms with van der Waals surface area (Å²) in [6, 6.07) is 8.27. The quantitative estimate of drug-likeness (QED) is 0.807. The smallest absolute Gasteiger partial charge is 0.249 e. The summed E-state index contributed by atoms with van der Waals surface area (Å²) in [7, 11) is 4.08. The Bertz CT molecular complexity index is 486. The number of hydrogen-bond donors (Lipinski definition) is 2. The van der Waals surface area contributed by atoms with Crippen molar-refractivity contribution in [1.29, 1.82) is 0 Å². The molecule has 0 radical (unpaired) electrons. The van der Waals surface area contributed by atoms with Crippen LogP contribution in [0, 0.1) is 0 Å². The summed E-state index contributed by atoms with van der Waals surface area (Å²) in [6.45, 7) is 1.91. The van der Waals surface area contributed by atoms with Crippen molar-refractivity contribution in [1.82, 2.24) is 10.2 Å². The first-order valence-corrected chi connectivity index (χ1v) is 7.44. The van der Waals surface area contributed by atoms with Crippen LogP contribution in [0.25, 0.3) is 0 Å². The second-order valence-corrected chi connectivity index (χ2v) is 5.84. The zero-order chi connectivity index (χ0) is 15.2. The fraction of sp³-hybridized carbons (Fsp3) is 0.562. The number of carbonyl (C=O) groups excluding carboxylic acids is 1. The molecule has 7 heteroatoms. The van der Waals surface area contributed by atoms with Gasteiger partial charge in [-0.3, -0.25) is 4.79 Å². The summed E-state index contributed by atoms with van der Waals surface area (Å²) in [5.74, 6) is -0.0380. The molecule has 23 heavy (non-hydrogen) atoms. The average molecular weight is 364 g/mol. The topological polar surface area (TPSA) is 67.6 Å². The molecule has 0 spiro atoms. The first kappa shape index (κ1) is 22.1. The number of halogens is 2. The molecule has 3 N–H and O–H groups in total. The Morgan fingerprint density at radius 3 is 2.61 bits per heavy atom. The maximum absolute atomic E-state index is 12.1. The molecule has 1 aromatic carbocycles. The van der Waals surface area contributed by atoms with Gasteiger partial charge in [0.25, 0.3) is 0 Å². The largest absolute Gasteiger partial charge is 0.364 e. The predicted molar refractivity (Wildman–Crippen MR) is 97.1 cm³/mol. The number of hydrogen-bond acceptors (Lipinski definition) is 4. The summed E-state index contributed by atoms with van der Waals surface area (Å²) in [5.41, 5.74) is 7.91. The van der Waals surface area contributed by atoms with Crippen LogP contribution in [0.5, 0.6) is 0 Å². The SMILES string of the molecule is CN(C)Cc1cccc(CNC(=O)[C@@H]2CC[C@H](CN)O2)c1.Cl.Cl. The van der Waals surface area contributed by atoms with Gasteiger partial charge in [0.05, 0.1) is 6.10 Å². The van der Waals surface area contributed by atoms with Crippen LogP contribution in [-0.2, 0) is 22.6 Å². The van der Waals surface area contributed by atoms with Gasteiger partial charge in [-0.25, -0.2) is 0 Å². The lowest BCUT2D eigenvalue weighted by Crippen LogP contribution is -2.35. The molecule has 1 saturated heterocycles. The molecule has 0 saturated carbocycles. The molecule has 2 atom stereocenters. The minimum Gasteiger partial charge on any atom is -0.364 e. The molecule has 1 heterocycles. The minimum atomic E-state index is -0.344. The van der Waals surface area contributed by atoms with Gasteiger partial charge in [-0.2, -0.15) is 0 Å². The Labute approximate surface area is 150 Å². The van der Waals surface area contributed by atoms with Gasteiger partial charge in [-0.05, 0) is 38.1 Å². The normalized spacial score (nSPS) is 19.8. The second-order valence-electron chi connectivity index (χ2n) is 5.84. The molecule has 0 bridgehead atoms. The standard InChI is InChI=1S/C16H25N3O2.2ClH/c1-19(2)11-13-5-3-4-12(8-13)10-18-16(20)15-7-6-14(9-17)21-15;;/h3-5,8,14-15H,6-7,9-11,17H2,1-2H3,(H,18,20);2*1H/t14-,15+;;/m1../s1. The molecule has 1 aliphatic rings. The number of rotatable bonds is 6. The van der Waals surface area contributed by atoms with E-state index in [0.29, 0.717) is 13.1 Å². The van der Waals surface area contributed by atoms with Crippen LogP contribution < -0.4 is 11.1 Å². The molecule has 1 amide bonds. The van der Waals surface area contributed by atoms with E-state index in [1.54, 1.807) is 0 Å². The van der Waals surface area contributed by atoms with Crippen molar-refractivity contribution in [3.8, 4) is 0 Å². The van der Waals surface area contributed by atoms with E-state index < -0.39 is 0 Å². The van der Waals surface area contributed by atoms with Crippen molar-refractivity contribution in [2.24, 2.45) is 5.73 Å². The molecule has 5 nitrogen and oxygen atoms in total. The van der Waals surface area contributed by atoms with Gasteiger partial charge in [0.2, 0.25) is 5.91 Å². The van der Waals surface area contributed by atoms with Crippen molar-refractivity contribution < 1.29 is 9.53 Å². The van der Waals surface area contributed by atoms with Crippen LogP contribution in [0.2, 0.25) is 0 Å². The summed E-state index contributed by atoms with van der Waals surface area (Å²) >= 11 is 0. The average Bonchev–Trinajstić information content (AvgIpc) is 2.93. The van der Waals surface area contributed by atoms with Gasteiger partial charge in [-0.15, -0.1) is 24.8 Å². The first-order valence-electron chi connectivity index (χ1n) is 7.44. The monoisotopic (exact) mass is 363 g/mol. The third-order valence-electron chi connectivity index (χ3n) is 3.62. The Kier molecular flexibility index (Phi) is 10.4. The van der Waals surface area contributed by atoms with E-state index in [2.05, 4.69) is 22.3 Å². The number of amides is 1. The number of ether oxygens (including phenoxy) is 1. The number of nitrogens with one attached hydrogen (secondary N) is 1. The van der Waals surface area contributed by atoms with Crippen LogP contribution in [-0.4, -0.2) is 43.7 Å². The van der Waals surface area contributed by atoms with Crippen molar-refractivity contribution >= 4 is 30.7 Å². The van der Waals surface area contributed by atoms with Crippen molar-refractivity contribution in [2.75, 3.05) is 20.6 Å². The summed E-state index contributed by atoms with van der Waals surface area (Å²) in [5, 5.41) is 2.95. The molecule has 2 rings (SSSR count). The lowest BCUT2D eigenvalue weighted by Gasteiger charge is -2.14. The highest BCUT2D eigenvalue weighted by Gasteiger charge is 2.29. The highest BCUT2D eigenvalue weighted by atomic mass is 35.5. The zero-order valence-electron chi connectivity index (χ0n) is 13.7. The fourth-order valence-corrected chi connectivity index (χ4v) is 2.58. The van der Waals surface area contributed by atoms with Crippen LogP contribution in [0.1, 0.15) is 24.0 Å². The highest BCUT2D eigenvalue weighted by Crippen LogP contribution is 2.19. The summed E-state index contributed by atoms with van der Waals surface area (Å²) in [4.78, 5) is 14.2. The Hall–Kier alpha value is -0.850. The van der Waals surface area contributed by atoms with Crippen LogP contribution in [0.4, 0.5) is 0 Å². The lowest BCUT2D eigenvalue weighted by molar-refractivity contribution is -0.132. The molecule has 132 valence electrons. The van der Waals surface area contributed by atoms with Gasteiger partial charge in [0.15, 0.2) is 0 Å². The van der Waals surface area contributed by atoms with E-state index >= 15 is 0 Å². The molecular weight excluding hydrogens is 337 g/mol. The Morgan fingerprint density at radius 1 is 1.30 bits per heavy atom. The van der Waals surface area contributed by atoms with Gasteiger partial charge in [0, 0.05) is 19.6 Å². The van der Waals surface area contributed by atoms with E-state index in [4.69, 9.17) is 10.5 Å². The van der Waals surface area contributed by atoms with Crippen LogP contribution in [0.15, 0.2) is 24.3 Å². The van der Waals surface area contributed by atoms with Crippen molar-refractivity contribution in [2.45, 2.75) is 38.1 Å². The summed E-state index contributed by atoms with van der Waals surface area (Å²) < 4.78 is 5.59. The van der Waals surface area contributed by atoms with Gasteiger partial charge < -0.3 is 20.7 Å². The van der Waals surface area contributed by atoms with Gasteiger partial charge in [0.1, 0.15) is 6.10 Å². The fourth-order valence-electron chi connectivity index (χ4n) is 2.58. The lowest BCUT2D eigenvalue weighted by atomic mass is 10.1. The number of benzene rings is 1. The third kappa shape index (κ3) is 7.06. The minimum absolute atomic E-state index is 0. The number of nitrogens with two attached hydrogens (primary N) is 1. The van der Waals surface area contributed by atoms with Gasteiger partial charge >= 0.3 is 0 Å². The van der Waals surface area contributed by atoms with Gasteiger partial charge in [-0.1, -0.05) is 24.3 Å². The molecule has 0 aromatic heterocycles. The molecular formula is C16H27Cl2N3O2. The summed E-state index contributed by atoms with van der Waals surface area (Å²) in [6.07, 6.45) is 1.31. The van der Waals surface area contributed by atoms with E-state index in [9.17, 15) is 4.79 Å². The number of carbonyl (C=O) groups is 1. The van der Waals surface area contributed by atoms with E-state index in [-0.39, 0.29) is 42.9 Å². The van der Waals surface area contributed by atoms with Crippen molar-refractivity contribution in [3.05, 3.63) is 35.4 Å². The zero-order valence-corrected chi connectivity index (χ0v) is 15.3. The third-order valence-corrected chi connectivity index (χ3v) is 3.62. The second kappa shape index (κ2) is 10.8. The maximum Gasteiger partial charge on any atom is 0.249 e. The molecule has 1 fully saturated rings. The van der Waals surface area contributed by atoms with E-state index in [1.807, 2.05) is 26.2 Å². The molecule has 0 aliphatic carbocycles. The molecule has 1 aromatic rings. The first-order chi connectivity index (χ1) is 10.1. The molecule has 0 unspecified atom stereocenters. The Morgan fingerprint density at radius 2 is 2.00 bits per heavy atom. The van der Waals surface area contributed by atoms with E-state index in [0.717, 1.165) is 24.9 Å². The maximum atomic E-state index is 12.1. The Balaban J connectivity index is 0.00000242. The number of nitrogens with zero attached hydrogens (tertiary/aromatic N) is 1. The van der Waals surface area contributed by atoms with E-state index in [1.165, 1.54) is 5.56 Å². The predicted octanol–water partition coefficient (Wildman–Crippen LogP) is 1.71. The van der Waals surface area contributed by atoms with Crippen LogP contribution in [0.3, 0.4) is 0 Å².